The minimum Gasteiger partial charge on any atom is -0.497 e. The lowest BCUT2D eigenvalue weighted by Gasteiger charge is -2.11. The Kier molecular flexibility index (Phi) is 4.05. The highest BCUT2D eigenvalue weighted by atomic mass is 16.5. The van der Waals surface area contributed by atoms with Gasteiger partial charge in [0.1, 0.15) is 17.4 Å². The van der Waals surface area contributed by atoms with Crippen molar-refractivity contribution in [3.63, 3.8) is 0 Å². The summed E-state index contributed by atoms with van der Waals surface area (Å²) in [6.45, 7) is 0. The number of benzene rings is 1. The second-order valence-corrected chi connectivity index (χ2v) is 5.06. The van der Waals surface area contributed by atoms with Crippen LogP contribution in [0.4, 0.5) is 11.6 Å². The highest BCUT2D eigenvalue weighted by molar-refractivity contribution is 5.63. The second-order valence-electron chi connectivity index (χ2n) is 5.06. The lowest BCUT2D eigenvalue weighted by Crippen LogP contribution is -2.08. The third-order valence-electron chi connectivity index (χ3n) is 3.55. The van der Waals surface area contributed by atoms with Crippen molar-refractivity contribution in [2.75, 3.05) is 18.6 Å². The highest BCUT2D eigenvalue weighted by Gasteiger charge is 2.12. The van der Waals surface area contributed by atoms with Crippen molar-refractivity contribution in [1.29, 1.82) is 0 Å². The monoisotopic (exact) mass is 307 g/mol. The number of hydrogen-bond donors (Lipinski definition) is 2. The van der Waals surface area contributed by atoms with Crippen molar-refractivity contribution in [2.24, 2.45) is 0 Å². The molecule has 1 aromatic carbocycles. The van der Waals surface area contributed by atoms with E-state index in [-0.39, 0.29) is 0 Å². The summed E-state index contributed by atoms with van der Waals surface area (Å²) >= 11 is 0. The van der Waals surface area contributed by atoms with Gasteiger partial charge in [0.2, 0.25) is 0 Å². The molecule has 0 bridgehead atoms. The molecule has 3 rings (SSSR count). The Morgan fingerprint density at radius 3 is 2.09 bits per heavy atom. The quantitative estimate of drug-likeness (QED) is 0.767. The molecule has 0 radical (unpaired) electrons. The van der Waals surface area contributed by atoms with E-state index in [1.165, 1.54) is 0 Å². The predicted molar refractivity (Wildman–Crippen MR) is 89.9 cm³/mol. The number of hydrogen-bond acceptors (Lipinski definition) is 6. The maximum Gasteiger partial charge on any atom is 0.163 e. The number of nitrogens with two attached hydrogens (primary N) is 2. The molecule has 0 saturated carbocycles. The molecular weight excluding hydrogens is 290 g/mol. The van der Waals surface area contributed by atoms with E-state index in [2.05, 4.69) is 15.0 Å². The number of methoxy groups -OCH3 is 1. The molecule has 0 unspecified atom stereocenters. The minimum atomic E-state index is 0.389. The number of aromatic nitrogens is 3. The first-order valence-electron chi connectivity index (χ1n) is 7.12. The number of ether oxygens (including phenoxy) is 1. The fourth-order valence-electron chi connectivity index (χ4n) is 2.28. The standard InChI is InChI=1S/C17H17N5O/c1-23-13-4-2-11(3-5-13)10-14-15(18)21-17(22-16(14)19)12-6-8-20-9-7-12/h2-9H,10H2,1H3,(H4,18,19,21,22). The van der Waals surface area contributed by atoms with Crippen molar-refractivity contribution in [1.82, 2.24) is 15.0 Å². The summed E-state index contributed by atoms with van der Waals surface area (Å²) < 4.78 is 5.15. The van der Waals surface area contributed by atoms with Crippen molar-refractivity contribution < 1.29 is 4.74 Å². The average molecular weight is 307 g/mol. The van der Waals surface area contributed by atoms with Crippen LogP contribution in [-0.4, -0.2) is 22.1 Å². The van der Waals surface area contributed by atoms with Gasteiger partial charge in [-0.3, -0.25) is 4.98 Å². The minimum absolute atomic E-state index is 0.389. The largest absolute Gasteiger partial charge is 0.497 e. The molecule has 4 N–H and O–H groups in total. The van der Waals surface area contributed by atoms with Gasteiger partial charge in [0, 0.05) is 29.9 Å². The van der Waals surface area contributed by atoms with Gasteiger partial charge in [-0.2, -0.15) is 0 Å². The van der Waals surface area contributed by atoms with Gasteiger partial charge >= 0.3 is 0 Å². The van der Waals surface area contributed by atoms with Crippen LogP contribution in [0.1, 0.15) is 11.1 Å². The molecule has 116 valence electrons. The third-order valence-corrected chi connectivity index (χ3v) is 3.55. The molecule has 3 aromatic rings. The van der Waals surface area contributed by atoms with Gasteiger partial charge in [-0.05, 0) is 29.8 Å². The van der Waals surface area contributed by atoms with Gasteiger partial charge < -0.3 is 16.2 Å². The molecule has 0 atom stereocenters. The Morgan fingerprint density at radius 1 is 0.913 bits per heavy atom. The Morgan fingerprint density at radius 2 is 1.52 bits per heavy atom. The van der Waals surface area contributed by atoms with Crippen LogP contribution in [0.15, 0.2) is 48.8 Å². The number of rotatable bonds is 4. The summed E-state index contributed by atoms with van der Waals surface area (Å²) in [5, 5.41) is 0. The molecule has 0 amide bonds. The summed E-state index contributed by atoms with van der Waals surface area (Å²) in [6.07, 6.45) is 3.92. The average Bonchev–Trinajstić information content (AvgIpc) is 2.59. The molecule has 2 aromatic heterocycles. The number of nitrogen functional groups attached to an aromatic ring is 2. The SMILES string of the molecule is COc1ccc(Cc2c(N)nc(-c3ccncc3)nc2N)cc1. The fraction of sp³-hybridized carbons (Fsp3) is 0.118. The van der Waals surface area contributed by atoms with E-state index in [9.17, 15) is 0 Å². The Balaban J connectivity index is 1.91. The molecule has 0 fully saturated rings. The van der Waals surface area contributed by atoms with Crippen LogP contribution < -0.4 is 16.2 Å². The molecule has 0 aliphatic carbocycles. The smallest absolute Gasteiger partial charge is 0.163 e. The van der Waals surface area contributed by atoms with Crippen molar-refractivity contribution in [2.45, 2.75) is 6.42 Å². The number of pyridine rings is 1. The molecule has 23 heavy (non-hydrogen) atoms. The molecule has 2 heterocycles. The maximum absolute atomic E-state index is 6.09. The van der Waals surface area contributed by atoms with E-state index in [1.807, 2.05) is 36.4 Å². The normalized spacial score (nSPS) is 10.5. The van der Waals surface area contributed by atoms with Crippen LogP contribution >= 0.6 is 0 Å². The highest BCUT2D eigenvalue weighted by Crippen LogP contribution is 2.25. The maximum atomic E-state index is 6.09. The third kappa shape index (κ3) is 3.21. The number of anilines is 2. The summed E-state index contributed by atoms with van der Waals surface area (Å²) in [5.41, 5.74) is 14.8. The van der Waals surface area contributed by atoms with Gasteiger partial charge in [0.05, 0.1) is 7.11 Å². The van der Waals surface area contributed by atoms with Crippen molar-refractivity contribution >= 4 is 11.6 Å². The fourth-order valence-corrected chi connectivity index (χ4v) is 2.28. The van der Waals surface area contributed by atoms with Gasteiger partial charge in [-0.1, -0.05) is 12.1 Å². The number of nitrogens with zero attached hydrogens (tertiary/aromatic N) is 3. The molecule has 0 aliphatic heterocycles. The van der Waals surface area contributed by atoms with E-state index < -0.39 is 0 Å². The van der Waals surface area contributed by atoms with Crippen LogP contribution in [0.25, 0.3) is 11.4 Å². The van der Waals surface area contributed by atoms with E-state index in [0.717, 1.165) is 22.4 Å². The molecule has 6 nitrogen and oxygen atoms in total. The van der Waals surface area contributed by atoms with Gasteiger partial charge in [0.25, 0.3) is 0 Å². The van der Waals surface area contributed by atoms with E-state index in [1.54, 1.807) is 19.5 Å². The Bertz CT molecular complexity index is 780. The molecule has 0 spiro atoms. The van der Waals surface area contributed by atoms with Crippen LogP contribution in [-0.2, 0) is 6.42 Å². The zero-order valence-corrected chi connectivity index (χ0v) is 12.7. The van der Waals surface area contributed by atoms with Crippen molar-refractivity contribution in [3.05, 3.63) is 59.9 Å². The molecule has 0 saturated heterocycles. The zero-order valence-electron chi connectivity index (χ0n) is 12.7. The lowest BCUT2D eigenvalue weighted by atomic mass is 10.1. The lowest BCUT2D eigenvalue weighted by molar-refractivity contribution is 0.414. The molecular formula is C17H17N5O. The van der Waals surface area contributed by atoms with Crippen LogP contribution in [0.2, 0.25) is 0 Å². The van der Waals surface area contributed by atoms with Gasteiger partial charge in [0.15, 0.2) is 5.82 Å². The van der Waals surface area contributed by atoms with E-state index >= 15 is 0 Å². The summed E-state index contributed by atoms with van der Waals surface area (Å²) in [6, 6.07) is 11.4. The summed E-state index contributed by atoms with van der Waals surface area (Å²) in [4.78, 5) is 12.7. The van der Waals surface area contributed by atoms with Crippen LogP contribution in [0.3, 0.4) is 0 Å². The summed E-state index contributed by atoms with van der Waals surface area (Å²) in [5.74, 6) is 2.08. The van der Waals surface area contributed by atoms with E-state index in [4.69, 9.17) is 16.2 Å². The predicted octanol–water partition coefficient (Wildman–Crippen LogP) is 2.30. The van der Waals surface area contributed by atoms with Crippen LogP contribution in [0.5, 0.6) is 5.75 Å². The molecule has 6 heteroatoms. The summed E-state index contributed by atoms with van der Waals surface area (Å²) in [7, 11) is 1.64. The first kappa shape index (κ1) is 14.8. The Hall–Kier alpha value is -3.15. The van der Waals surface area contributed by atoms with Crippen molar-refractivity contribution in [3.8, 4) is 17.1 Å². The van der Waals surface area contributed by atoms with Gasteiger partial charge in [-0.25, -0.2) is 9.97 Å². The van der Waals surface area contributed by atoms with Crippen LogP contribution in [0, 0.1) is 0 Å². The first-order valence-corrected chi connectivity index (χ1v) is 7.12. The van der Waals surface area contributed by atoms with Gasteiger partial charge in [-0.15, -0.1) is 0 Å². The second kappa shape index (κ2) is 6.31. The molecule has 0 aliphatic rings. The zero-order chi connectivity index (χ0) is 16.2. The first-order chi connectivity index (χ1) is 11.2. The topological polar surface area (TPSA) is 99.9 Å². The Labute approximate surface area is 134 Å². The van der Waals surface area contributed by atoms with E-state index in [0.29, 0.717) is 23.9 Å².